The number of carbonyl (C=O) groups excluding carboxylic acids is 1. The maximum absolute atomic E-state index is 13.6. The van der Waals surface area contributed by atoms with Crippen LogP contribution < -0.4 is 10.6 Å². The number of hydrogen-bond acceptors (Lipinski definition) is 6. The van der Waals surface area contributed by atoms with Crippen LogP contribution in [0.3, 0.4) is 0 Å². The molecule has 1 aliphatic heterocycles. The number of carbonyl (C=O) groups is 1. The number of aryl methyl sites for hydroxylation is 1. The Balaban J connectivity index is 1.62. The third-order valence-corrected chi connectivity index (χ3v) is 3.97. The Kier molecular flexibility index (Phi) is 5.49. The minimum atomic E-state index is -0.476. The van der Waals surface area contributed by atoms with Crippen LogP contribution in [0.2, 0.25) is 0 Å². The number of rotatable bonds is 5. The molecule has 2 N–H and O–H groups in total. The topological polar surface area (TPSA) is 89.0 Å². The Hall–Kier alpha value is -2.61. The fourth-order valence-electron chi connectivity index (χ4n) is 2.74. The minimum absolute atomic E-state index is 0.0939. The van der Waals surface area contributed by atoms with Crippen LogP contribution in [0.1, 0.15) is 17.9 Å². The predicted molar refractivity (Wildman–Crippen MR) is 89.4 cm³/mol. The number of aromatic nitrogens is 3. The second kappa shape index (κ2) is 7.98. The van der Waals surface area contributed by atoms with Crippen molar-refractivity contribution in [2.45, 2.75) is 31.8 Å². The highest BCUT2D eigenvalue weighted by atomic mass is 19.1. The Morgan fingerprint density at radius 3 is 3.00 bits per heavy atom. The third kappa shape index (κ3) is 4.69. The molecule has 0 aliphatic carbocycles. The van der Waals surface area contributed by atoms with Crippen LogP contribution in [-0.2, 0) is 16.0 Å². The van der Waals surface area contributed by atoms with Gasteiger partial charge >= 0.3 is 0 Å². The van der Waals surface area contributed by atoms with Gasteiger partial charge in [-0.2, -0.15) is 0 Å². The summed E-state index contributed by atoms with van der Waals surface area (Å²) in [5.74, 6) is 0.594. The molecule has 132 valence electrons. The summed E-state index contributed by atoms with van der Waals surface area (Å²) in [6, 6.07) is 4.30. The van der Waals surface area contributed by atoms with Crippen molar-refractivity contribution in [2.24, 2.45) is 0 Å². The molecule has 1 aliphatic rings. The van der Waals surface area contributed by atoms with Crippen LogP contribution in [0, 0.1) is 12.7 Å². The quantitative estimate of drug-likeness (QED) is 0.848. The summed E-state index contributed by atoms with van der Waals surface area (Å²) in [6.45, 7) is 2.82. The number of anilines is 1. The highest BCUT2D eigenvalue weighted by molar-refractivity contribution is 5.78. The highest BCUT2D eigenvalue weighted by Crippen LogP contribution is 2.14. The molecular weight excluding hydrogens is 325 g/mol. The van der Waals surface area contributed by atoms with Gasteiger partial charge in [0.05, 0.1) is 30.8 Å². The van der Waals surface area contributed by atoms with E-state index in [4.69, 9.17) is 4.74 Å². The van der Waals surface area contributed by atoms with Gasteiger partial charge in [0.2, 0.25) is 5.91 Å². The number of hydrogen-bond donors (Lipinski definition) is 2. The van der Waals surface area contributed by atoms with Crippen molar-refractivity contribution in [2.75, 3.05) is 18.5 Å². The van der Waals surface area contributed by atoms with Gasteiger partial charge in [0.15, 0.2) is 0 Å². The fraction of sp³-hybridized carbons (Fsp3) is 0.412. The minimum Gasteiger partial charge on any atom is -0.379 e. The second-order valence-electron chi connectivity index (χ2n) is 5.89. The standard InChI is InChI=1S/C17H20FN5O2/c1-11-19-7-4-16(21-11)22-15-10-25-8-5-13(15)23-17(24)9-14-12(18)3-2-6-20-14/h2-4,6-7,13,15H,5,8-10H2,1H3,(H,23,24)(H,19,21,22)/t13-,15+/m0/s1. The lowest BCUT2D eigenvalue weighted by molar-refractivity contribution is -0.122. The Bertz CT molecular complexity index is 742. The van der Waals surface area contributed by atoms with Crippen LogP contribution >= 0.6 is 0 Å². The molecule has 3 rings (SSSR count). The lowest BCUT2D eigenvalue weighted by atomic mass is 10.0. The smallest absolute Gasteiger partial charge is 0.226 e. The molecule has 0 bridgehead atoms. The van der Waals surface area contributed by atoms with Gasteiger partial charge in [0.1, 0.15) is 17.5 Å². The normalized spacial score (nSPS) is 20.1. The summed E-state index contributed by atoms with van der Waals surface area (Å²) in [5.41, 5.74) is 0.142. The molecule has 8 heteroatoms. The number of pyridine rings is 1. The molecule has 0 radical (unpaired) electrons. The molecule has 0 aromatic carbocycles. The van der Waals surface area contributed by atoms with Crippen LogP contribution in [-0.4, -0.2) is 46.2 Å². The molecule has 0 unspecified atom stereocenters. The number of nitrogens with one attached hydrogen (secondary N) is 2. The Morgan fingerprint density at radius 2 is 2.20 bits per heavy atom. The first kappa shape index (κ1) is 17.2. The van der Waals surface area contributed by atoms with Crippen molar-refractivity contribution < 1.29 is 13.9 Å². The average Bonchev–Trinajstić information content (AvgIpc) is 2.59. The van der Waals surface area contributed by atoms with Crippen LogP contribution in [0.5, 0.6) is 0 Å². The Labute approximate surface area is 145 Å². The highest BCUT2D eigenvalue weighted by Gasteiger charge is 2.27. The number of halogens is 1. The van der Waals surface area contributed by atoms with Crippen molar-refractivity contribution in [1.29, 1.82) is 0 Å². The fourth-order valence-corrected chi connectivity index (χ4v) is 2.74. The van der Waals surface area contributed by atoms with E-state index in [-0.39, 0.29) is 30.1 Å². The summed E-state index contributed by atoms with van der Waals surface area (Å²) in [5, 5.41) is 6.22. The van der Waals surface area contributed by atoms with Gasteiger partial charge < -0.3 is 15.4 Å². The van der Waals surface area contributed by atoms with E-state index in [0.717, 1.165) is 0 Å². The van der Waals surface area contributed by atoms with E-state index >= 15 is 0 Å². The van der Waals surface area contributed by atoms with Gasteiger partial charge in [-0.15, -0.1) is 0 Å². The maximum Gasteiger partial charge on any atom is 0.226 e. The van der Waals surface area contributed by atoms with E-state index < -0.39 is 5.82 Å². The summed E-state index contributed by atoms with van der Waals surface area (Å²) in [7, 11) is 0. The molecule has 1 saturated heterocycles. The molecule has 2 aromatic rings. The summed E-state index contributed by atoms with van der Waals surface area (Å²) >= 11 is 0. The first-order chi connectivity index (χ1) is 12.1. The van der Waals surface area contributed by atoms with Crippen molar-refractivity contribution in [3.05, 3.63) is 47.9 Å². The molecule has 25 heavy (non-hydrogen) atoms. The largest absolute Gasteiger partial charge is 0.379 e. The van der Waals surface area contributed by atoms with Gasteiger partial charge in [-0.3, -0.25) is 9.78 Å². The SMILES string of the molecule is Cc1nccc(N[C@@H]2COCC[C@@H]2NC(=O)Cc2ncccc2F)n1. The van der Waals surface area contributed by atoms with E-state index in [2.05, 4.69) is 25.6 Å². The van der Waals surface area contributed by atoms with E-state index in [1.165, 1.54) is 18.3 Å². The van der Waals surface area contributed by atoms with E-state index in [1.807, 2.05) is 6.92 Å². The first-order valence-corrected chi connectivity index (χ1v) is 8.14. The lowest BCUT2D eigenvalue weighted by Crippen LogP contribution is -2.52. The summed E-state index contributed by atoms with van der Waals surface area (Å²) in [6.07, 6.45) is 3.72. The van der Waals surface area contributed by atoms with Crippen molar-refractivity contribution in [3.8, 4) is 0 Å². The van der Waals surface area contributed by atoms with Gasteiger partial charge in [-0.1, -0.05) is 0 Å². The molecule has 7 nitrogen and oxygen atoms in total. The zero-order valence-corrected chi connectivity index (χ0v) is 13.9. The molecule has 2 aromatic heterocycles. The molecule has 1 amide bonds. The zero-order valence-electron chi connectivity index (χ0n) is 13.9. The summed E-state index contributed by atoms with van der Waals surface area (Å²) < 4.78 is 19.1. The van der Waals surface area contributed by atoms with Crippen molar-refractivity contribution in [1.82, 2.24) is 20.3 Å². The Morgan fingerprint density at radius 1 is 1.32 bits per heavy atom. The van der Waals surface area contributed by atoms with Gasteiger partial charge in [-0.25, -0.2) is 14.4 Å². The molecule has 1 fully saturated rings. The first-order valence-electron chi connectivity index (χ1n) is 8.14. The van der Waals surface area contributed by atoms with E-state index in [9.17, 15) is 9.18 Å². The lowest BCUT2D eigenvalue weighted by Gasteiger charge is -2.33. The maximum atomic E-state index is 13.6. The van der Waals surface area contributed by atoms with Crippen LogP contribution in [0.4, 0.5) is 10.2 Å². The van der Waals surface area contributed by atoms with Gasteiger partial charge in [0, 0.05) is 19.0 Å². The van der Waals surface area contributed by atoms with Gasteiger partial charge in [0.25, 0.3) is 0 Å². The van der Waals surface area contributed by atoms with Crippen LogP contribution in [0.25, 0.3) is 0 Å². The molecule has 0 spiro atoms. The third-order valence-electron chi connectivity index (χ3n) is 3.97. The number of nitrogens with zero attached hydrogens (tertiary/aromatic N) is 3. The number of ether oxygens (including phenoxy) is 1. The predicted octanol–water partition coefficient (Wildman–Crippen LogP) is 1.25. The second-order valence-corrected chi connectivity index (χ2v) is 5.89. The van der Waals surface area contributed by atoms with Crippen molar-refractivity contribution >= 4 is 11.7 Å². The van der Waals surface area contributed by atoms with Crippen molar-refractivity contribution in [3.63, 3.8) is 0 Å². The average molecular weight is 345 g/mol. The number of amides is 1. The molecule has 2 atom stereocenters. The van der Waals surface area contributed by atoms with E-state index in [1.54, 1.807) is 12.3 Å². The monoisotopic (exact) mass is 345 g/mol. The van der Waals surface area contributed by atoms with Crippen LogP contribution in [0.15, 0.2) is 30.6 Å². The molecule has 0 saturated carbocycles. The summed E-state index contributed by atoms with van der Waals surface area (Å²) in [4.78, 5) is 24.6. The van der Waals surface area contributed by atoms with E-state index in [0.29, 0.717) is 31.3 Å². The van der Waals surface area contributed by atoms with Gasteiger partial charge in [-0.05, 0) is 31.5 Å². The molecule has 3 heterocycles. The zero-order chi connectivity index (χ0) is 17.6. The molecular formula is C17H20FN5O2.